The summed E-state index contributed by atoms with van der Waals surface area (Å²) >= 11 is 0. The van der Waals surface area contributed by atoms with Crippen molar-refractivity contribution in [3.8, 4) is 11.5 Å². The van der Waals surface area contributed by atoms with Crippen molar-refractivity contribution in [3.05, 3.63) is 64.7 Å². The molecule has 0 spiro atoms. The van der Waals surface area contributed by atoms with Crippen LogP contribution >= 0.6 is 0 Å². The summed E-state index contributed by atoms with van der Waals surface area (Å²) in [6, 6.07) is 6.87. The van der Waals surface area contributed by atoms with E-state index in [4.69, 9.17) is 9.47 Å². The fourth-order valence-corrected chi connectivity index (χ4v) is 3.66. The van der Waals surface area contributed by atoms with Crippen LogP contribution in [0.1, 0.15) is 41.0 Å². The maximum absolute atomic E-state index is 13.3. The summed E-state index contributed by atoms with van der Waals surface area (Å²) < 4.78 is 89.4. The Morgan fingerprint density at radius 3 is 2.03 bits per heavy atom. The number of carbonyl (C=O) groups excluding carboxylic acids is 1. The Hall–Kier alpha value is -2.97. The number of hydrogen-bond acceptors (Lipinski definition) is 3. The number of allylic oxidation sites excluding steroid dienone is 2. The van der Waals surface area contributed by atoms with Crippen LogP contribution in [0.2, 0.25) is 0 Å². The third-order valence-electron chi connectivity index (χ3n) is 5.13. The number of ketones is 1. The first-order valence-electron chi connectivity index (χ1n) is 9.18. The smallest absolute Gasteiger partial charge is 0.417 e. The molecule has 3 rings (SSSR count). The van der Waals surface area contributed by atoms with Gasteiger partial charge < -0.3 is 9.47 Å². The molecule has 1 aliphatic carbocycles. The Bertz CT molecular complexity index is 1020. The molecule has 0 bridgehead atoms. The first-order chi connectivity index (χ1) is 14.4. The summed E-state index contributed by atoms with van der Waals surface area (Å²) in [6.45, 7) is 0. The second-order valence-electron chi connectivity index (χ2n) is 7.11. The molecular formula is C22H18F6O3. The highest BCUT2D eigenvalue weighted by molar-refractivity contribution is 5.99. The zero-order chi connectivity index (χ0) is 23.0. The molecule has 0 aliphatic heterocycles. The van der Waals surface area contributed by atoms with Gasteiger partial charge in [-0.3, -0.25) is 4.79 Å². The van der Waals surface area contributed by atoms with Crippen LogP contribution in [0.15, 0.2) is 42.5 Å². The minimum atomic E-state index is -5.19. The van der Waals surface area contributed by atoms with Crippen LogP contribution in [0.4, 0.5) is 26.3 Å². The molecule has 0 N–H and O–H groups in total. The Morgan fingerprint density at radius 1 is 0.806 bits per heavy atom. The van der Waals surface area contributed by atoms with E-state index in [1.807, 2.05) is 0 Å². The monoisotopic (exact) mass is 444 g/mol. The van der Waals surface area contributed by atoms with Crippen molar-refractivity contribution in [2.75, 3.05) is 14.2 Å². The average molecular weight is 444 g/mol. The van der Waals surface area contributed by atoms with Gasteiger partial charge in [-0.1, -0.05) is 12.1 Å². The number of benzene rings is 2. The maximum atomic E-state index is 13.3. The quantitative estimate of drug-likeness (QED) is 0.522. The molecule has 0 saturated heterocycles. The van der Waals surface area contributed by atoms with Gasteiger partial charge in [-0.25, -0.2) is 0 Å². The van der Waals surface area contributed by atoms with E-state index in [2.05, 4.69) is 0 Å². The molecule has 0 radical (unpaired) electrons. The number of carbonyl (C=O) groups is 1. The van der Waals surface area contributed by atoms with Gasteiger partial charge in [0.25, 0.3) is 0 Å². The lowest BCUT2D eigenvalue weighted by molar-refractivity contribution is -0.162. The van der Waals surface area contributed by atoms with E-state index >= 15 is 0 Å². The molecule has 2 aromatic rings. The lowest BCUT2D eigenvalue weighted by Crippen LogP contribution is -2.17. The number of rotatable bonds is 4. The molecule has 166 valence electrons. The van der Waals surface area contributed by atoms with Crippen LogP contribution in [-0.4, -0.2) is 20.0 Å². The van der Waals surface area contributed by atoms with Crippen molar-refractivity contribution >= 4 is 11.4 Å². The lowest BCUT2D eigenvalue weighted by atomic mass is 9.80. The molecular weight excluding hydrogens is 426 g/mol. The van der Waals surface area contributed by atoms with Gasteiger partial charge in [0.2, 0.25) is 0 Å². The van der Waals surface area contributed by atoms with Gasteiger partial charge in [-0.2, -0.15) is 26.3 Å². The summed E-state index contributed by atoms with van der Waals surface area (Å²) in [6.07, 6.45) is -8.85. The normalized spacial score (nSPS) is 17.4. The van der Waals surface area contributed by atoms with Crippen molar-refractivity contribution in [1.82, 2.24) is 0 Å². The first-order valence-corrected chi connectivity index (χ1v) is 9.18. The van der Waals surface area contributed by atoms with Crippen molar-refractivity contribution in [2.45, 2.75) is 31.1 Å². The summed E-state index contributed by atoms with van der Waals surface area (Å²) in [5.74, 6) is 0.206. The SMILES string of the molecule is COc1ccc([C@H]2CC(=O)C=C(c3ccc(C(F)(F)F)c(C(F)(F)F)c3)C2)cc1OC. The topological polar surface area (TPSA) is 35.5 Å². The number of ether oxygens (including phenoxy) is 2. The van der Waals surface area contributed by atoms with Gasteiger partial charge in [-0.05, 0) is 59.4 Å². The molecule has 0 aromatic heterocycles. The minimum Gasteiger partial charge on any atom is -0.493 e. The first kappa shape index (κ1) is 22.7. The molecule has 1 aliphatic rings. The molecule has 0 unspecified atom stereocenters. The zero-order valence-corrected chi connectivity index (χ0v) is 16.5. The third kappa shape index (κ3) is 4.86. The summed E-state index contributed by atoms with van der Waals surface area (Å²) in [4.78, 5) is 12.3. The predicted molar refractivity (Wildman–Crippen MR) is 101 cm³/mol. The van der Waals surface area contributed by atoms with Crippen molar-refractivity contribution in [3.63, 3.8) is 0 Å². The molecule has 0 heterocycles. The Kier molecular flexibility index (Phi) is 6.07. The van der Waals surface area contributed by atoms with Crippen LogP contribution < -0.4 is 9.47 Å². The highest BCUT2D eigenvalue weighted by atomic mass is 19.4. The predicted octanol–water partition coefficient (Wildman–Crippen LogP) is 6.27. The lowest BCUT2D eigenvalue weighted by Gasteiger charge is -2.24. The van der Waals surface area contributed by atoms with E-state index in [1.54, 1.807) is 18.2 Å². The molecule has 9 heteroatoms. The van der Waals surface area contributed by atoms with Crippen LogP contribution in [0, 0.1) is 0 Å². The number of methoxy groups -OCH3 is 2. The van der Waals surface area contributed by atoms with Crippen LogP contribution in [0.3, 0.4) is 0 Å². The highest BCUT2D eigenvalue weighted by Gasteiger charge is 2.43. The van der Waals surface area contributed by atoms with E-state index < -0.39 is 23.5 Å². The van der Waals surface area contributed by atoms with Crippen LogP contribution in [0.5, 0.6) is 11.5 Å². The van der Waals surface area contributed by atoms with Gasteiger partial charge in [0.1, 0.15) is 0 Å². The number of halogens is 6. The van der Waals surface area contributed by atoms with E-state index in [1.165, 1.54) is 20.3 Å². The minimum absolute atomic E-state index is 0.0705. The van der Waals surface area contributed by atoms with Crippen molar-refractivity contribution in [1.29, 1.82) is 0 Å². The number of alkyl halides is 6. The van der Waals surface area contributed by atoms with Gasteiger partial charge in [0.15, 0.2) is 17.3 Å². The fraction of sp³-hybridized carbons (Fsp3) is 0.318. The standard InChI is InChI=1S/C22H18F6O3/c1-30-19-6-4-13(11-20(19)31-2)15-7-14(8-16(29)9-15)12-3-5-17(21(23,24)25)18(10-12)22(26,27)28/h3-6,8,10-11,15H,7,9H2,1-2H3/t15-/m1/s1. The zero-order valence-electron chi connectivity index (χ0n) is 16.5. The largest absolute Gasteiger partial charge is 0.493 e. The van der Waals surface area contributed by atoms with E-state index in [-0.39, 0.29) is 35.7 Å². The van der Waals surface area contributed by atoms with Crippen molar-refractivity contribution in [2.24, 2.45) is 0 Å². The molecule has 31 heavy (non-hydrogen) atoms. The van der Waals surface area contributed by atoms with Gasteiger partial charge in [0.05, 0.1) is 25.3 Å². The van der Waals surface area contributed by atoms with Gasteiger partial charge in [-0.15, -0.1) is 0 Å². The van der Waals surface area contributed by atoms with E-state index in [0.29, 0.717) is 29.2 Å². The Balaban J connectivity index is 2.00. The van der Waals surface area contributed by atoms with E-state index in [0.717, 1.165) is 6.07 Å². The van der Waals surface area contributed by atoms with Gasteiger partial charge in [0, 0.05) is 6.42 Å². The second-order valence-corrected chi connectivity index (χ2v) is 7.11. The molecule has 2 aromatic carbocycles. The third-order valence-corrected chi connectivity index (χ3v) is 5.13. The van der Waals surface area contributed by atoms with Gasteiger partial charge >= 0.3 is 12.4 Å². The van der Waals surface area contributed by atoms with Crippen LogP contribution in [-0.2, 0) is 17.1 Å². The Labute approximate surface area is 174 Å². The molecule has 3 nitrogen and oxygen atoms in total. The molecule has 0 saturated carbocycles. The van der Waals surface area contributed by atoms with Crippen molar-refractivity contribution < 1.29 is 40.6 Å². The summed E-state index contributed by atoms with van der Waals surface area (Å²) in [7, 11) is 2.91. The maximum Gasteiger partial charge on any atom is 0.417 e. The average Bonchev–Trinajstić information content (AvgIpc) is 2.71. The molecule has 0 fully saturated rings. The molecule has 1 atom stereocenters. The summed E-state index contributed by atoms with van der Waals surface area (Å²) in [5, 5.41) is 0. The molecule has 0 amide bonds. The summed E-state index contributed by atoms with van der Waals surface area (Å²) in [5.41, 5.74) is -2.66. The fourth-order valence-electron chi connectivity index (χ4n) is 3.66. The van der Waals surface area contributed by atoms with E-state index in [9.17, 15) is 31.1 Å². The highest BCUT2D eigenvalue weighted by Crippen LogP contribution is 2.44. The number of hydrogen-bond donors (Lipinski definition) is 0. The van der Waals surface area contributed by atoms with Crippen LogP contribution in [0.25, 0.3) is 5.57 Å². The Morgan fingerprint density at radius 2 is 1.45 bits per heavy atom. The second kappa shape index (κ2) is 8.28.